The van der Waals surface area contributed by atoms with Crippen LogP contribution in [0.15, 0.2) is 18.2 Å². The minimum Gasteiger partial charge on any atom is -0.311 e. The summed E-state index contributed by atoms with van der Waals surface area (Å²) >= 11 is 1.47. The van der Waals surface area contributed by atoms with Gasteiger partial charge in [-0.25, -0.2) is 9.37 Å². The summed E-state index contributed by atoms with van der Waals surface area (Å²) in [6, 6.07) is 4.29. The van der Waals surface area contributed by atoms with Crippen LogP contribution in [0.3, 0.4) is 0 Å². The molecule has 6 heteroatoms. The topological polar surface area (TPSA) is 54.0 Å². The molecular formula is C14H14FN3OS. The molecule has 1 amide bonds. The number of hydrogen-bond acceptors (Lipinski definition) is 4. The molecule has 0 aliphatic carbocycles. The molecule has 1 aromatic heterocycles. The minimum atomic E-state index is -0.405. The van der Waals surface area contributed by atoms with Crippen LogP contribution in [0.1, 0.15) is 26.5 Å². The highest BCUT2D eigenvalue weighted by Gasteiger charge is 2.16. The van der Waals surface area contributed by atoms with Gasteiger partial charge in [0.05, 0.1) is 5.69 Å². The Hall–Kier alpha value is -1.79. The Morgan fingerprint density at radius 1 is 1.45 bits per heavy atom. The summed E-state index contributed by atoms with van der Waals surface area (Å²) in [7, 11) is 0. The Morgan fingerprint density at radius 2 is 2.30 bits per heavy atom. The first-order valence-electron chi connectivity index (χ1n) is 6.39. The maximum Gasteiger partial charge on any atom is 0.257 e. The van der Waals surface area contributed by atoms with Crippen molar-refractivity contribution in [1.29, 1.82) is 0 Å². The Labute approximate surface area is 120 Å². The van der Waals surface area contributed by atoms with Crippen molar-refractivity contribution in [2.45, 2.75) is 19.9 Å². The summed E-state index contributed by atoms with van der Waals surface area (Å²) in [4.78, 5) is 17.7. The third-order valence-electron chi connectivity index (χ3n) is 3.13. The van der Waals surface area contributed by atoms with E-state index in [4.69, 9.17) is 0 Å². The molecule has 0 bridgehead atoms. The lowest BCUT2D eigenvalue weighted by molar-refractivity contribution is 0.102. The molecule has 2 heterocycles. The number of anilines is 1. The van der Waals surface area contributed by atoms with E-state index in [0.29, 0.717) is 10.7 Å². The van der Waals surface area contributed by atoms with Gasteiger partial charge in [-0.1, -0.05) is 0 Å². The van der Waals surface area contributed by atoms with Crippen LogP contribution < -0.4 is 10.6 Å². The lowest BCUT2D eigenvalue weighted by Crippen LogP contribution is -2.22. The van der Waals surface area contributed by atoms with Crippen molar-refractivity contribution in [1.82, 2.24) is 10.3 Å². The molecule has 20 heavy (non-hydrogen) atoms. The molecule has 104 valence electrons. The van der Waals surface area contributed by atoms with Gasteiger partial charge in [-0.15, -0.1) is 11.3 Å². The molecule has 1 aliphatic rings. The highest BCUT2D eigenvalue weighted by atomic mass is 32.1. The summed E-state index contributed by atoms with van der Waals surface area (Å²) in [6.07, 6.45) is 0.876. The van der Waals surface area contributed by atoms with E-state index in [1.165, 1.54) is 23.5 Å². The highest BCUT2D eigenvalue weighted by Crippen LogP contribution is 2.25. The molecule has 1 aliphatic heterocycles. The maximum atomic E-state index is 13.3. The monoisotopic (exact) mass is 291 g/mol. The molecule has 0 spiro atoms. The minimum absolute atomic E-state index is 0.314. The first-order valence-corrected chi connectivity index (χ1v) is 7.21. The zero-order chi connectivity index (χ0) is 14.1. The maximum absolute atomic E-state index is 13.3. The van der Waals surface area contributed by atoms with E-state index in [2.05, 4.69) is 15.6 Å². The van der Waals surface area contributed by atoms with Crippen LogP contribution in [-0.2, 0) is 13.0 Å². The number of thiazole rings is 1. The summed E-state index contributed by atoms with van der Waals surface area (Å²) in [5.74, 6) is -0.732. The second-order valence-electron chi connectivity index (χ2n) is 4.79. The van der Waals surface area contributed by atoms with E-state index >= 15 is 0 Å². The number of benzene rings is 1. The first kappa shape index (κ1) is 13.2. The van der Waals surface area contributed by atoms with Crippen LogP contribution in [-0.4, -0.2) is 17.4 Å². The highest BCUT2D eigenvalue weighted by molar-refractivity contribution is 7.15. The Morgan fingerprint density at radius 3 is 3.05 bits per heavy atom. The van der Waals surface area contributed by atoms with E-state index in [9.17, 15) is 9.18 Å². The summed E-state index contributed by atoms with van der Waals surface area (Å²) in [6.45, 7) is 3.46. The molecule has 0 saturated heterocycles. The third-order valence-corrected chi connectivity index (χ3v) is 4.14. The number of carbonyl (C=O) groups is 1. The fourth-order valence-electron chi connectivity index (χ4n) is 2.22. The van der Waals surface area contributed by atoms with Crippen LogP contribution in [0.2, 0.25) is 0 Å². The smallest absolute Gasteiger partial charge is 0.257 e. The van der Waals surface area contributed by atoms with Crippen LogP contribution >= 0.6 is 11.3 Å². The third kappa shape index (κ3) is 2.71. The van der Waals surface area contributed by atoms with E-state index in [0.717, 1.165) is 35.6 Å². The summed E-state index contributed by atoms with van der Waals surface area (Å²) in [5.41, 5.74) is 2.08. The van der Waals surface area contributed by atoms with Crippen molar-refractivity contribution in [3.63, 3.8) is 0 Å². The van der Waals surface area contributed by atoms with Crippen molar-refractivity contribution in [3.8, 4) is 0 Å². The molecule has 0 saturated carbocycles. The number of aryl methyl sites for hydroxylation is 1. The van der Waals surface area contributed by atoms with Gasteiger partial charge < -0.3 is 5.32 Å². The van der Waals surface area contributed by atoms with Crippen molar-refractivity contribution in [2.24, 2.45) is 0 Å². The predicted octanol–water partition coefficient (Wildman–Crippen LogP) is 2.49. The van der Waals surface area contributed by atoms with Crippen molar-refractivity contribution < 1.29 is 9.18 Å². The average molecular weight is 291 g/mol. The Kier molecular flexibility index (Phi) is 3.50. The fraction of sp³-hybridized carbons (Fsp3) is 0.286. The van der Waals surface area contributed by atoms with Gasteiger partial charge in [-0.3, -0.25) is 10.1 Å². The lowest BCUT2D eigenvalue weighted by atomic mass is 10.1. The molecule has 0 fully saturated rings. The number of nitrogens with one attached hydrogen (secondary N) is 2. The van der Waals surface area contributed by atoms with Gasteiger partial charge >= 0.3 is 0 Å². The lowest BCUT2D eigenvalue weighted by Gasteiger charge is -2.09. The van der Waals surface area contributed by atoms with Crippen molar-refractivity contribution >= 4 is 22.4 Å². The molecule has 4 nitrogen and oxygen atoms in total. The Balaban J connectivity index is 1.80. The zero-order valence-electron chi connectivity index (χ0n) is 11.0. The molecule has 1 aromatic carbocycles. The molecule has 2 N–H and O–H groups in total. The van der Waals surface area contributed by atoms with E-state index in [-0.39, 0.29) is 5.91 Å². The van der Waals surface area contributed by atoms with Gasteiger partial charge in [0, 0.05) is 30.0 Å². The van der Waals surface area contributed by atoms with Gasteiger partial charge in [0.15, 0.2) is 5.13 Å². The van der Waals surface area contributed by atoms with Gasteiger partial charge in [0.25, 0.3) is 5.91 Å². The summed E-state index contributed by atoms with van der Waals surface area (Å²) in [5, 5.41) is 6.58. The Bertz CT molecular complexity index is 625. The second-order valence-corrected chi connectivity index (χ2v) is 5.87. The predicted molar refractivity (Wildman–Crippen MR) is 76.6 cm³/mol. The standard InChI is InChI=1S/C14H14FN3OS/c1-8-4-9(6-10(15)5-8)13(19)18-14-17-11-2-3-16-7-12(11)20-14/h4-6,16H,2-3,7H2,1H3,(H,17,18,19). The zero-order valence-corrected chi connectivity index (χ0v) is 11.8. The second kappa shape index (κ2) is 5.30. The van der Waals surface area contributed by atoms with Crippen LogP contribution in [0.5, 0.6) is 0 Å². The molecule has 0 atom stereocenters. The molecular weight excluding hydrogens is 277 g/mol. The number of rotatable bonds is 2. The average Bonchev–Trinajstić information content (AvgIpc) is 2.79. The van der Waals surface area contributed by atoms with Crippen LogP contribution in [0.25, 0.3) is 0 Å². The number of fused-ring (bicyclic) bond motifs is 1. The fourth-order valence-corrected chi connectivity index (χ4v) is 3.19. The largest absolute Gasteiger partial charge is 0.311 e. The number of nitrogens with zero attached hydrogens (tertiary/aromatic N) is 1. The molecule has 2 aromatic rings. The first-order chi connectivity index (χ1) is 9.61. The number of hydrogen-bond donors (Lipinski definition) is 2. The van der Waals surface area contributed by atoms with Crippen LogP contribution in [0.4, 0.5) is 9.52 Å². The summed E-state index contributed by atoms with van der Waals surface area (Å²) < 4.78 is 13.3. The van der Waals surface area contributed by atoms with Crippen molar-refractivity contribution in [2.75, 3.05) is 11.9 Å². The van der Waals surface area contributed by atoms with Gasteiger partial charge in [0.2, 0.25) is 0 Å². The van der Waals surface area contributed by atoms with Gasteiger partial charge in [-0.05, 0) is 30.7 Å². The quantitative estimate of drug-likeness (QED) is 0.894. The van der Waals surface area contributed by atoms with Crippen LogP contribution in [0, 0.1) is 12.7 Å². The molecule has 0 unspecified atom stereocenters. The van der Waals surface area contributed by atoms with E-state index in [1.54, 1.807) is 13.0 Å². The van der Waals surface area contributed by atoms with Gasteiger partial charge in [0.1, 0.15) is 5.82 Å². The molecule has 0 radical (unpaired) electrons. The number of aromatic nitrogens is 1. The number of carbonyl (C=O) groups excluding carboxylic acids is 1. The van der Waals surface area contributed by atoms with Crippen molar-refractivity contribution in [3.05, 3.63) is 45.7 Å². The normalized spacial score (nSPS) is 13.9. The number of halogens is 1. The van der Waals surface area contributed by atoms with Gasteiger partial charge in [-0.2, -0.15) is 0 Å². The molecule has 3 rings (SSSR count). The van der Waals surface area contributed by atoms with E-state index < -0.39 is 5.82 Å². The number of amides is 1. The SMILES string of the molecule is Cc1cc(F)cc(C(=O)Nc2nc3c(s2)CNCC3)c1. The van der Waals surface area contributed by atoms with E-state index in [1.807, 2.05) is 0 Å².